The Morgan fingerprint density at radius 2 is 1.76 bits per heavy atom. The number of aromatic nitrogens is 2. The number of nitrogens with one attached hydrogen (secondary N) is 1. The molecule has 0 saturated heterocycles. The highest BCUT2D eigenvalue weighted by Crippen LogP contribution is 2.30. The summed E-state index contributed by atoms with van der Waals surface area (Å²) in [6.45, 7) is 3.08. The summed E-state index contributed by atoms with van der Waals surface area (Å²) in [5.41, 5.74) is 2.18. The average molecular weight is 392 g/mol. The van der Waals surface area contributed by atoms with Crippen molar-refractivity contribution in [3.8, 4) is 11.5 Å². The number of anilines is 2. The summed E-state index contributed by atoms with van der Waals surface area (Å²) < 4.78 is 10.6. The lowest BCUT2D eigenvalue weighted by molar-refractivity contribution is 0.0751. The number of ether oxygens (including phenoxy) is 2. The lowest BCUT2D eigenvalue weighted by Gasteiger charge is -2.21. The number of amides is 1. The van der Waals surface area contributed by atoms with Crippen LogP contribution in [0.1, 0.15) is 22.8 Å². The van der Waals surface area contributed by atoms with E-state index in [-0.39, 0.29) is 5.91 Å². The van der Waals surface area contributed by atoms with Gasteiger partial charge in [-0.1, -0.05) is 30.3 Å². The van der Waals surface area contributed by atoms with E-state index < -0.39 is 0 Å². The fourth-order valence-electron chi connectivity index (χ4n) is 2.85. The Bertz CT molecular complexity index is 946. The average Bonchev–Trinajstić information content (AvgIpc) is 2.78. The molecule has 0 unspecified atom stereocenters. The molecule has 0 saturated carbocycles. The maximum absolute atomic E-state index is 12.8. The zero-order valence-corrected chi connectivity index (χ0v) is 16.8. The molecule has 0 aliphatic carbocycles. The molecule has 1 amide bonds. The van der Waals surface area contributed by atoms with Crippen LogP contribution in [-0.4, -0.2) is 41.5 Å². The van der Waals surface area contributed by atoms with E-state index in [1.54, 1.807) is 37.3 Å². The Hall–Kier alpha value is -3.61. The second kappa shape index (κ2) is 9.54. The van der Waals surface area contributed by atoms with E-state index in [9.17, 15) is 4.79 Å². The second-order valence-electron chi connectivity index (χ2n) is 6.29. The number of hydrogen-bond acceptors (Lipinski definition) is 6. The lowest BCUT2D eigenvalue weighted by atomic mass is 10.2. The molecule has 1 heterocycles. The summed E-state index contributed by atoms with van der Waals surface area (Å²) in [7, 11) is 3.18. The van der Waals surface area contributed by atoms with Gasteiger partial charge < -0.3 is 19.7 Å². The van der Waals surface area contributed by atoms with Crippen molar-refractivity contribution in [1.82, 2.24) is 14.9 Å². The normalized spacial score (nSPS) is 10.3. The first-order valence-electron chi connectivity index (χ1n) is 9.29. The standard InChI is InChI=1S/C22H24N4O3/c1-4-26(15-16-8-6-5-7-9-16)21(27)17-13-23-22(24-14-17)25-19-12-18(28-2)10-11-20(19)29-3/h5-14H,4,15H2,1-3H3,(H,23,24,25). The minimum Gasteiger partial charge on any atom is -0.497 e. The van der Waals surface area contributed by atoms with E-state index in [0.29, 0.717) is 41.8 Å². The third-order valence-corrected chi connectivity index (χ3v) is 4.44. The predicted molar refractivity (Wildman–Crippen MR) is 112 cm³/mol. The van der Waals surface area contributed by atoms with Gasteiger partial charge in [-0.2, -0.15) is 0 Å². The summed E-state index contributed by atoms with van der Waals surface area (Å²) in [5, 5.41) is 3.10. The van der Waals surface area contributed by atoms with E-state index in [2.05, 4.69) is 15.3 Å². The molecule has 3 rings (SSSR count). The lowest BCUT2D eigenvalue weighted by Crippen LogP contribution is -2.30. The van der Waals surface area contributed by atoms with Gasteiger partial charge in [-0.05, 0) is 24.6 Å². The van der Waals surface area contributed by atoms with Gasteiger partial charge in [0.1, 0.15) is 11.5 Å². The molecule has 0 aliphatic rings. The van der Waals surface area contributed by atoms with Crippen LogP contribution in [0, 0.1) is 0 Å². The van der Waals surface area contributed by atoms with Gasteiger partial charge in [0.15, 0.2) is 0 Å². The van der Waals surface area contributed by atoms with Gasteiger partial charge in [-0.3, -0.25) is 4.79 Å². The molecule has 0 bridgehead atoms. The van der Waals surface area contributed by atoms with Crippen LogP contribution in [0.15, 0.2) is 60.9 Å². The van der Waals surface area contributed by atoms with Crippen molar-refractivity contribution in [2.75, 3.05) is 26.1 Å². The summed E-state index contributed by atoms with van der Waals surface area (Å²) in [6.07, 6.45) is 3.05. The van der Waals surface area contributed by atoms with E-state index >= 15 is 0 Å². The van der Waals surface area contributed by atoms with E-state index in [4.69, 9.17) is 9.47 Å². The largest absolute Gasteiger partial charge is 0.497 e. The maximum atomic E-state index is 12.8. The topological polar surface area (TPSA) is 76.6 Å². The maximum Gasteiger partial charge on any atom is 0.257 e. The molecule has 7 nitrogen and oxygen atoms in total. The Kier molecular flexibility index (Phi) is 6.63. The third kappa shape index (κ3) is 5.01. The summed E-state index contributed by atoms with van der Waals surface area (Å²) in [6, 6.07) is 15.3. The number of methoxy groups -OCH3 is 2. The fraction of sp³-hybridized carbons (Fsp3) is 0.227. The highest BCUT2D eigenvalue weighted by molar-refractivity contribution is 5.93. The monoisotopic (exact) mass is 392 g/mol. The van der Waals surface area contributed by atoms with Crippen LogP contribution < -0.4 is 14.8 Å². The number of rotatable bonds is 8. The fourth-order valence-corrected chi connectivity index (χ4v) is 2.85. The SMILES string of the molecule is CCN(Cc1ccccc1)C(=O)c1cnc(Nc2cc(OC)ccc2OC)nc1. The van der Waals surface area contributed by atoms with Crippen LogP contribution in [0.4, 0.5) is 11.6 Å². The Morgan fingerprint density at radius 3 is 2.38 bits per heavy atom. The Balaban J connectivity index is 1.73. The van der Waals surface area contributed by atoms with Gasteiger partial charge in [0, 0.05) is 31.5 Å². The molecular weight excluding hydrogens is 368 g/mol. The number of carbonyl (C=O) groups excluding carboxylic acids is 1. The second-order valence-corrected chi connectivity index (χ2v) is 6.29. The summed E-state index contributed by atoms with van der Waals surface area (Å²) >= 11 is 0. The first-order chi connectivity index (χ1) is 14.1. The van der Waals surface area contributed by atoms with Crippen LogP contribution in [0.2, 0.25) is 0 Å². The molecule has 150 valence electrons. The van der Waals surface area contributed by atoms with E-state index in [0.717, 1.165) is 5.56 Å². The van der Waals surface area contributed by atoms with Crippen molar-refractivity contribution in [3.63, 3.8) is 0 Å². The van der Waals surface area contributed by atoms with Gasteiger partial charge in [0.05, 0.1) is 25.5 Å². The molecule has 3 aromatic rings. The van der Waals surface area contributed by atoms with Gasteiger partial charge in [0.2, 0.25) is 5.95 Å². The quantitative estimate of drug-likeness (QED) is 0.627. The van der Waals surface area contributed by atoms with Crippen molar-refractivity contribution in [3.05, 3.63) is 72.1 Å². The highest BCUT2D eigenvalue weighted by Gasteiger charge is 2.16. The summed E-state index contributed by atoms with van der Waals surface area (Å²) in [4.78, 5) is 23.1. The van der Waals surface area contributed by atoms with Crippen molar-refractivity contribution in [2.45, 2.75) is 13.5 Å². The van der Waals surface area contributed by atoms with Crippen molar-refractivity contribution >= 4 is 17.5 Å². The van der Waals surface area contributed by atoms with Gasteiger partial charge in [0.25, 0.3) is 5.91 Å². The molecule has 1 aromatic heterocycles. The number of benzene rings is 2. The first kappa shape index (κ1) is 20.1. The van der Waals surface area contributed by atoms with Gasteiger partial charge in [-0.15, -0.1) is 0 Å². The molecular formula is C22H24N4O3. The molecule has 0 atom stereocenters. The van der Waals surface area contributed by atoms with Crippen LogP contribution in [0.5, 0.6) is 11.5 Å². The van der Waals surface area contributed by atoms with Crippen molar-refractivity contribution in [1.29, 1.82) is 0 Å². The van der Waals surface area contributed by atoms with E-state index in [1.165, 1.54) is 12.4 Å². The highest BCUT2D eigenvalue weighted by atomic mass is 16.5. The van der Waals surface area contributed by atoms with Crippen molar-refractivity contribution in [2.24, 2.45) is 0 Å². The zero-order valence-electron chi connectivity index (χ0n) is 16.8. The molecule has 7 heteroatoms. The summed E-state index contributed by atoms with van der Waals surface area (Å²) in [5.74, 6) is 1.57. The minimum atomic E-state index is -0.109. The number of carbonyl (C=O) groups is 1. The van der Waals surface area contributed by atoms with Gasteiger partial charge >= 0.3 is 0 Å². The molecule has 0 radical (unpaired) electrons. The Labute approximate surface area is 170 Å². The molecule has 29 heavy (non-hydrogen) atoms. The van der Waals surface area contributed by atoms with Gasteiger partial charge in [-0.25, -0.2) is 9.97 Å². The molecule has 0 fully saturated rings. The molecule has 2 aromatic carbocycles. The molecule has 0 aliphatic heterocycles. The van der Waals surface area contributed by atoms with Crippen LogP contribution in [0.3, 0.4) is 0 Å². The zero-order chi connectivity index (χ0) is 20.6. The van der Waals surface area contributed by atoms with E-state index in [1.807, 2.05) is 37.3 Å². The smallest absolute Gasteiger partial charge is 0.257 e. The number of nitrogens with zero attached hydrogens (tertiary/aromatic N) is 3. The molecule has 1 N–H and O–H groups in total. The molecule has 0 spiro atoms. The van der Waals surface area contributed by atoms with Crippen molar-refractivity contribution < 1.29 is 14.3 Å². The predicted octanol–water partition coefficient (Wildman–Crippen LogP) is 3.90. The van der Waals surface area contributed by atoms with Crippen LogP contribution >= 0.6 is 0 Å². The minimum absolute atomic E-state index is 0.109. The first-order valence-corrected chi connectivity index (χ1v) is 9.29. The van der Waals surface area contributed by atoms with Crippen LogP contribution in [-0.2, 0) is 6.54 Å². The Morgan fingerprint density at radius 1 is 1.03 bits per heavy atom. The van der Waals surface area contributed by atoms with Crippen LogP contribution in [0.25, 0.3) is 0 Å². The third-order valence-electron chi connectivity index (χ3n) is 4.44. The number of hydrogen-bond donors (Lipinski definition) is 1.